The van der Waals surface area contributed by atoms with E-state index in [-0.39, 0.29) is 25.0 Å². The fourth-order valence-electron chi connectivity index (χ4n) is 2.72. The van der Waals surface area contributed by atoms with Crippen LogP contribution in [0.2, 0.25) is 5.02 Å². The minimum absolute atomic E-state index is 0.0743. The Morgan fingerprint density at radius 3 is 2.27 bits per heavy atom. The van der Waals surface area contributed by atoms with E-state index in [2.05, 4.69) is 5.32 Å². The second kappa shape index (κ2) is 10.4. The van der Waals surface area contributed by atoms with Gasteiger partial charge in [0.25, 0.3) is 5.91 Å². The zero-order valence-electron chi connectivity index (χ0n) is 16.1. The fraction of sp³-hybridized carbons (Fsp3) is 0.579. The molecule has 6 nitrogen and oxygen atoms in total. The molecule has 0 aromatic heterocycles. The molecule has 0 aliphatic rings. The van der Waals surface area contributed by atoms with Crippen molar-refractivity contribution < 1.29 is 14.3 Å². The average molecular weight is 384 g/mol. The first-order chi connectivity index (χ1) is 12.4. The van der Waals surface area contributed by atoms with E-state index in [0.717, 1.165) is 0 Å². The number of amides is 2. The van der Waals surface area contributed by atoms with Gasteiger partial charge in [0.05, 0.1) is 10.4 Å². The molecule has 0 saturated carbocycles. The number of nitrogens with one attached hydrogen (secondary N) is 1. The van der Waals surface area contributed by atoms with Gasteiger partial charge in [0.2, 0.25) is 5.91 Å². The van der Waals surface area contributed by atoms with Gasteiger partial charge in [0.15, 0.2) is 6.61 Å². The lowest BCUT2D eigenvalue weighted by molar-refractivity contribution is -0.133. The smallest absolute Gasteiger partial charge is 0.260 e. The number of ether oxygens (including phenoxy) is 1. The highest BCUT2D eigenvalue weighted by Gasteiger charge is 2.33. The number of nitrogens with two attached hydrogens (primary N) is 1. The highest BCUT2D eigenvalue weighted by molar-refractivity contribution is 6.32. The molecule has 1 aromatic carbocycles. The SMILES string of the molecule is CCN(CC)C(=O)COc1ccc(NC(=O)C(CC)(CC)CN)cc1Cl. The lowest BCUT2D eigenvalue weighted by Gasteiger charge is -2.28. The maximum absolute atomic E-state index is 12.6. The number of anilines is 1. The minimum atomic E-state index is -0.585. The Bertz CT molecular complexity index is 606. The van der Waals surface area contributed by atoms with Crippen molar-refractivity contribution in [1.29, 1.82) is 0 Å². The molecular weight excluding hydrogens is 354 g/mol. The molecule has 0 spiro atoms. The Hall–Kier alpha value is -1.79. The summed E-state index contributed by atoms with van der Waals surface area (Å²) in [6.45, 7) is 9.22. The molecule has 1 rings (SSSR count). The molecule has 0 bridgehead atoms. The molecule has 1 aromatic rings. The number of benzene rings is 1. The Kier molecular flexibility index (Phi) is 8.88. The summed E-state index contributed by atoms with van der Waals surface area (Å²) in [5.41, 5.74) is 5.80. The van der Waals surface area contributed by atoms with E-state index >= 15 is 0 Å². The van der Waals surface area contributed by atoms with Gasteiger partial charge < -0.3 is 20.7 Å². The molecule has 0 unspecified atom stereocenters. The third-order valence-electron chi connectivity index (χ3n) is 4.88. The van der Waals surface area contributed by atoms with Gasteiger partial charge in [-0.3, -0.25) is 9.59 Å². The van der Waals surface area contributed by atoms with Gasteiger partial charge >= 0.3 is 0 Å². The molecule has 146 valence electrons. The van der Waals surface area contributed by atoms with Crippen LogP contribution in [0.4, 0.5) is 5.69 Å². The zero-order valence-corrected chi connectivity index (χ0v) is 16.9. The van der Waals surface area contributed by atoms with Crippen molar-refractivity contribution in [3.05, 3.63) is 23.2 Å². The van der Waals surface area contributed by atoms with Crippen LogP contribution in [0.3, 0.4) is 0 Å². The van der Waals surface area contributed by atoms with Crippen molar-refractivity contribution in [2.45, 2.75) is 40.5 Å². The van der Waals surface area contributed by atoms with Gasteiger partial charge in [-0.2, -0.15) is 0 Å². The van der Waals surface area contributed by atoms with Crippen LogP contribution in [0.5, 0.6) is 5.75 Å². The number of hydrogen-bond donors (Lipinski definition) is 2. The van der Waals surface area contributed by atoms with Gasteiger partial charge in [0.1, 0.15) is 5.75 Å². The van der Waals surface area contributed by atoms with E-state index in [4.69, 9.17) is 22.1 Å². The lowest BCUT2D eigenvalue weighted by Crippen LogP contribution is -2.41. The molecule has 26 heavy (non-hydrogen) atoms. The van der Waals surface area contributed by atoms with E-state index in [9.17, 15) is 9.59 Å². The van der Waals surface area contributed by atoms with Crippen LogP contribution in [0.25, 0.3) is 0 Å². The monoisotopic (exact) mass is 383 g/mol. The summed E-state index contributed by atoms with van der Waals surface area (Å²) in [5, 5.41) is 3.21. The quantitative estimate of drug-likeness (QED) is 0.649. The van der Waals surface area contributed by atoms with Crippen LogP contribution in [0.1, 0.15) is 40.5 Å². The van der Waals surface area contributed by atoms with Crippen LogP contribution in [-0.2, 0) is 9.59 Å². The van der Waals surface area contributed by atoms with E-state index < -0.39 is 5.41 Å². The molecule has 7 heteroatoms. The molecule has 0 aliphatic carbocycles. The normalized spacial score (nSPS) is 11.2. The van der Waals surface area contributed by atoms with E-state index in [0.29, 0.717) is 42.4 Å². The first-order valence-corrected chi connectivity index (χ1v) is 9.46. The second-order valence-electron chi connectivity index (χ2n) is 6.15. The van der Waals surface area contributed by atoms with Gasteiger partial charge in [-0.25, -0.2) is 0 Å². The molecule has 0 saturated heterocycles. The van der Waals surface area contributed by atoms with Gasteiger partial charge in [-0.15, -0.1) is 0 Å². The molecule has 0 atom stereocenters. The van der Waals surface area contributed by atoms with Crippen LogP contribution in [-0.4, -0.2) is 43.0 Å². The van der Waals surface area contributed by atoms with Crippen LogP contribution in [0.15, 0.2) is 18.2 Å². The van der Waals surface area contributed by atoms with E-state index in [1.807, 2.05) is 27.7 Å². The number of carbonyl (C=O) groups is 2. The number of nitrogens with zero attached hydrogens (tertiary/aromatic N) is 1. The van der Waals surface area contributed by atoms with Crippen LogP contribution >= 0.6 is 11.6 Å². The first-order valence-electron chi connectivity index (χ1n) is 9.09. The number of hydrogen-bond acceptors (Lipinski definition) is 4. The Labute approximate surface area is 161 Å². The topological polar surface area (TPSA) is 84.7 Å². The molecule has 0 heterocycles. The third kappa shape index (κ3) is 5.35. The summed E-state index contributed by atoms with van der Waals surface area (Å²) in [5.74, 6) is 0.190. The summed E-state index contributed by atoms with van der Waals surface area (Å²) in [7, 11) is 0. The lowest BCUT2D eigenvalue weighted by atomic mass is 9.81. The summed E-state index contributed by atoms with van der Waals surface area (Å²) >= 11 is 6.23. The summed E-state index contributed by atoms with van der Waals surface area (Å²) in [6, 6.07) is 4.96. The highest BCUT2D eigenvalue weighted by Crippen LogP contribution is 2.30. The zero-order chi connectivity index (χ0) is 19.7. The maximum atomic E-state index is 12.6. The summed E-state index contributed by atoms with van der Waals surface area (Å²) in [4.78, 5) is 26.3. The average Bonchev–Trinajstić information content (AvgIpc) is 2.64. The number of likely N-dealkylation sites (N-methyl/N-ethyl adjacent to an activating group) is 1. The van der Waals surface area contributed by atoms with Crippen molar-refractivity contribution in [1.82, 2.24) is 4.90 Å². The Morgan fingerprint density at radius 2 is 1.81 bits per heavy atom. The number of rotatable bonds is 10. The van der Waals surface area contributed by atoms with Crippen LogP contribution in [0, 0.1) is 5.41 Å². The van der Waals surface area contributed by atoms with Gasteiger partial charge in [-0.1, -0.05) is 25.4 Å². The Balaban J connectivity index is 2.78. The number of halogens is 1. The van der Waals surface area contributed by atoms with Crippen molar-refractivity contribution >= 4 is 29.1 Å². The standard InChI is InChI=1S/C19H30ClN3O3/c1-5-19(6-2,13-21)18(25)22-14-9-10-16(15(20)11-14)26-12-17(24)23(7-3)8-4/h9-11H,5-8,12-13,21H2,1-4H3,(H,22,25). The predicted octanol–water partition coefficient (Wildman–Crippen LogP) is 3.29. The third-order valence-corrected chi connectivity index (χ3v) is 5.18. The summed E-state index contributed by atoms with van der Waals surface area (Å²) in [6.07, 6.45) is 1.32. The first kappa shape index (κ1) is 22.3. The summed E-state index contributed by atoms with van der Waals surface area (Å²) < 4.78 is 5.52. The fourth-order valence-corrected chi connectivity index (χ4v) is 2.95. The minimum Gasteiger partial charge on any atom is -0.482 e. The van der Waals surface area contributed by atoms with Crippen LogP contribution < -0.4 is 15.8 Å². The molecule has 3 N–H and O–H groups in total. The largest absolute Gasteiger partial charge is 0.482 e. The maximum Gasteiger partial charge on any atom is 0.260 e. The van der Waals surface area contributed by atoms with Crippen molar-refractivity contribution in [3.8, 4) is 5.75 Å². The molecule has 0 radical (unpaired) electrons. The molecular formula is C19H30ClN3O3. The van der Waals surface area contributed by atoms with Crippen molar-refractivity contribution in [3.63, 3.8) is 0 Å². The van der Waals surface area contributed by atoms with Gasteiger partial charge in [-0.05, 0) is 44.9 Å². The Morgan fingerprint density at radius 1 is 1.19 bits per heavy atom. The number of carbonyl (C=O) groups excluding carboxylic acids is 2. The molecule has 2 amide bonds. The van der Waals surface area contributed by atoms with E-state index in [1.165, 1.54) is 0 Å². The van der Waals surface area contributed by atoms with E-state index in [1.54, 1.807) is 23.1 Å². The molecule has 0 aliphatic heterocycles. The van der Waals surface area contributed by atoms with Gasteiger partial charge in [0, 0.05) is 25.3 Å². The van der Waals surface area contributed by atoms with Crippen molar-refractivity contribution in [2.24, 2.45) is 11.1 Å². The second-order valence-corrected chi connectivity index (χ2v) is 6.55. The van der Waals surface area contributed by atoms with Crippen molar-refractivity contribution in [2.75, 3.05) is 31.6 Å². The molecule has 0 fully saturated rings. The predicted molar refractivity (Wildman–Crippen MR) is 106 cm³/mol. The highest BCUT2D eigenvalue weighted by atomic mass is 35.5.